The van der Waals surface area contributed by atoms with Gasteiger partial charge in [0.2, 0.25) is 0 Å². The number of para-hydroxylation sites is 1. The normalized spacial score (nSPS) is 14.7. The van der Waals surface area contributed by atoms with Crippen molar-refractivity contribution in [3.8, 4) is 0 Å². The van der Waals surface area contributed by atoms with Gasteiger partial charge in [-0.05, 0) is 42.3 Å². The van der Waals surface area contributed by atoms with Crippen molar-refractivity contribution >= 4 is 22.7 Å². The van der Waals surface area contributed by atoms with E-state index in [2.05, 4.69) is 32.6 Å². The molecule has 5 nitrogen and oxygen atoms in total. The average Bonchev–Trinajstić information content (AvgIpc) is 3.20. The van der Waals surface area contributed by atoms with E-state index < -0.39 is 0 Å². The summed E-state index contributed by atoms with van der Waals surface area (Å²) in [5.74, 6) is 0. The van der Waals surface area contributed by atoms with Gasteiger partial charge < -0.3 is 5.32 Å². The van der Waals surface area contributed by atoms with Crippen LogP contribution in [0.25, 0.3) is 10.9 Å². The number of H-pyrrole nitrogens is 1. The van der Waals surface area contributed by atoms with E-state index in [-0.39, 0.29) is 0 Å². The molecule has 0 amide bonds. The number of aromatic nitrogens is 4. The number of benzene rings is 1. The fourth-order valence-corrected chi connectivity index (χ4v) is 3.02. The number of pyridine rings is 1. The highest BCUT2D eigenvalue weighted by atomic mass is 32.2. The topological polar surface area (TPSA) is 66.5 Å². The summed E-state index contributed by atoms with van der Waals surface area (Å²) in [6.45, 7) is 0.846. The molecule has 21 heavy (non-hydrogen) atoms. The highest BCUT2D eigenvalue weighted by molar-refractivity contribution is 7.99. The Labute approximate surface area is 126 Å². The Bertz CT molecular complexity index is 752. The second-order valence-electron chi connectivity index (χ2n) is 5.19. The minimum atomic E-state index is 0.680. The van der Waals surface area contributed by atoms with Crippen molar-refractivity contribution in [2.75, 3.05) is 0 Å². The molecule has 0 spiro atoms. The van der Waals surface area contributed by atoms with E-state index in [1.807, 2.05) is 18.2 Å². The lowest BCUT2D eigenvalue weighted by Crippen LogP contribution is -2.16. The van der Waals surface area contributed by atoms with E-state index in [1.165, 1.54) is 41.9 Å². The number of nitrogens with zero attached hydrogens (tertiary/aromatic N) is 3. The molecule has 3 aromatic rings. The summed E-state index contributed by atoms with van der Waals surface area (Å²) in [4.78, 5) is 8.96. The number of hydrogen-bond donors (Lipinski definition) is 2. The zero-order chi connectivity index (χ0) is 14.1. The molecule has 0 bridgehead atoms. The van der Waals surface area contributed by atoms with Gasteiger partial charge in [0.25, 0.3) is 0 Å². The summed E-state index contributed by atoms with van der Waals surface area (Å²) in [5, 5.41) is 13.3. The minimum Gasteiger partial charge on any atom is -0.310 e. The molecule has 0 atom stereocenters. The van der Waals surface area contributed by atoms with Gasteiger partial charge in [-0.1, -0.05) is 18.2 Å². The van der Waals surface area contributed by atoms with Crippen LogP contribution in [0.5, 0.6) is 0 Å². The van der Waals surface area contributed by atoms with Crippen LogP contribution in [0.3, 0.4) is 0 Å². The molecule has 0 radical (unpaired) electrons. The molecule has 1 fully saturated rings. The van der Waals surface area contributed by atoms with E-state index in [1.54, 1.807) is 0 Å². The van der Waals surface area contributed by atoms with Gasteiger partial charge in [-0.25, -0.2) is 9.97 Å². The summed E-state index contributed by atoms with van der Waals surface area (Å²) in [5.41, 5.74) is 2.22. The van der Waals surface area contributed by atoms with Crippen LogP contribution in [0.15, 0.2) is 46.8 Å². The zero-order valence-electron chi connectivity index (χ0n) is 11.4. The Balaban J connectivity index is 1.70. The molecule has 6 heteroatoms. The van der Waals surface area contributed by atoms with Crippen molar-refractivity contribution in [1.29, 1.82) is 0 Å². The van der Waals surface area contributed by atoms with Crippen molar-refractivity contribution in [1.82, 2.24) is 25.5 Å². The van der Waals surface area contributed by atoms with Gasteiger partial charge in [0, 0.05) is 18.0 Å². The van der Waals surface area contributed by atoms with Crippen molar-refractivity contribution in [3.05, 3.63) is 42.2 Å². The summed E-state index contributed by atoms with van der Waals surface area (Å²) >= 11 is 1.53. The molecule has 1 saturated carbocycles. The fraction of sp³-hybridized carbons (Fsp3) is 0.267. The Morgan fingerprint density at radius 2 is 2.19 bits per heavy atom. The lowest BCUT2D eigenvalue weighted by Gasteiger charge is -2.10. The second-order valence-corrected chi connectivity index (χ2v) is 6.17. The molecule has 2 aromatic heterocycles. The van der Waals surface area contributed by atoms with Crippen LogP contribution < -0.4 is 5.32 Å². The predicted octanol–water partition coefficient (Wildman–Crippen LogP) is 2.76. The second kappa shape index (κ2) is 5.46. The first-order chi connectivity index (χ1) is 10.4. The average molecular weight is 297 g/mol. The molecule has 106 valence electrons. The molecular formula is C15H15N5S. The summed E-state index contributed by atoms with van der Waals surface area (Å²) < 4.78 is 0. The first-order valence-electron chi connectivity index (χ1n) is 7.04. The first kappa shape index (κ1) is 12.8. The Hall–Kier alpha value is -1.92. The third kappa shape index (κ3) is 2.91. The maximum absolute atomic E-state index is 4.78. The highest BCUT2D eigenvalue weighted by Crippen LogP contribution is 2.29. The summed E-state index contributed by atoms with van der Waals surface area (Å²) in [6.07, 6.45) is 4.09. The molecule has 2 heterocycles. The predicted molar refractivity (Wildman–Crippen MR) is 82.1 cm³/mol. The largest absolute Gasteiger partial charge is 0.310 e. The van der Waals surface area contributed by atoms with Gasteiger partial charge in [-0.3, -0.25) is 5.10 Å². The Kier molecular flexibility index (Phi) is 3.33. The van der Waals surface area contributed by atoms with Crippen molar-refractivity contribution < 1.29 is 0 Å². The molecule has 1 aromatic carbocycles. The quantitative estimate of drug-likeness (QED) is 0.758. The zero-order valence-corrected chi connectivity index (χ0v) is 12.2. The SMILES string of the molecule is c1ccc2nc(Sc3ncn[nH]3)c(CNC3CC3)cc2c1. The van der Waals surface area contributed by atoms with E-state index in [0.717, 1.165) is 22.2 Å². The molecule has 4 rings (SSSR count). The lowest BCUT2D eigenvalue weighted by molar-refractivity contribution is 0.676. The Morgan fingerprint density at radius 3 is 3.00 bits per heavy atom. The van der Waals surface area contributed by atoms with E-state index in [4.69, 9.17) is 4.98 Å². The van der Waals surface area contributed by atoms with E-state index in [9.17, 15) is 0 Å². The molecule has 1 aliphatic carbocycles. The van der Waals surface area contributed by atoms with Crippen LogP contribution in [-0.2, 0) is 6.54 Å². The minimum absolute atomic E-state index is 0.680. The number of rotatable bonds is 5. The standard InChI is InChI=1S/C15H15N5S/c1-2-4-13-10(3-1)7-11(8-16-12-5-6-12)14(19-13)21-15-17-9-18-20-15/h1-4,7,9,12,16H,5-6,8H2,(H,17,18,20). The van der Waals surface area contributed by atoms with Gasteiger partial charge in [0.05, 0.1) is 5.52 Å². The van der Waals surface area contributed by atoms with Crippen molar-refractivity contribution in [2.24, 2.45) is 0 Å². The van der Waals surface area contributed by atoms with E-state index >= 15 is 0 Å². The van der Waals surface area contributed by atoms with Crippen LogP contribution in [-0.4, -0.2) is 26.2 Å². The van der Waals surface area contributed by atoms with Gasteiger partial charge in [0.1, 0.15) is 11.4 Å². The van der Waals surface area contributed by atoms with Crippen molar-refractivity contribution in [3.63, 3.8) is 0 Å². The maximum Gasteiger partial charge on any atom is 0.189 e. The highest BCUT2D eigenvalue weighted by Gasteiger charge is 2.21. The van der Waals surface area contributed by atoms with E-state index in [0.29, 0.717) is 6.04 Å². The Morgan fingerprint density at radius 1 is 1.29 bits per heavy atom. The molecular weight excluding hydrogens is 282 g/mol. The monoisotopic (exact) mass is 297 g/mol. The molecule has 1 aliphatic rings. The number of nitrogens with one attached hydrogen (secondary N) is 2. The molecule has 0 unspecified atom stereocenters. The van der Waals surface area contributed by atoms with Crippen molar-refractivity contribution in [2.45, 2.75) is 35.6 Å². The van der Waals surface area contributed by atoms with Crippen LogP contribution in [0, 0.1) is 0 Å². The third-order valence-corrected chi connectivity index (χ3v) is 4.44. The van der Waals surface area contributed by atoms with Gasteiger partial charge in [-0.15, -0.1) is 0 Å². The third-order valence-electron chi connectivity index (χ3n) is 3.51. The maximum atomic E-state index is 4.78. The smallest absolute Gasteiger partial charge is 0.189 e. The lowest BCUT2D eigenvalue weighted by atomic mass is 10.1. The van der Waals surface area contributed by atoms with Gasteiger partial charge in [-0.2, -0.15) is 5.10 Å². The molecule has 0 aliphatic heterocycles. The van der Waals surface area contributed by atoms with Gasteiger partial charge in [0.15, 0.2) is 5.16 Å². The van der Waals surface area contributed by atoms with Crippen LogP contribution in [0.4, 0.5) is 0 Å². The molecule has 2 N–H and O–H groups in total. The summed E-state index contributed by atoms with van der Waals surface area (Å²) in [7, 11) is 0. The first-order valence-corrected chi connectivity index (χ1v) is 7.85. The van der Waals surface area contributed by atoms with Gasteiger partial charge >= 0.3 is 0 Å². The van der Waals surface area contributed by atoms with Crippen LogP contribution in [0.2, 0.25) is 0 Å². The summed E-state index contributed by atoms with van der Waals surface area (Å²) in [6, 6.07) is 11.1. The number of aromatic amines is 1. The molecule has 0 saturated heterocycles. The fourth-order valence-electron chi connectivity index (χ4n) is 2.23. The number of fused-ring (bicyclic) bond motifs is 1. The number of hydrogen-bond acceptors (Lipinski definition) is 5. The van der Waals surface area contributed by atoms with Crippen LogP contribution in [0.1, 0.15) is 18.4 Å². The van der Waals surface area contributed by atoms with Crippen LogP contribution >= 0.6 is 11.8 Å².